The van der Waals surface area contributed by atoms with Crippen LogP contribution in [0, 0.1) is 12.8 Å². The van der Waals surface area contributed by atoms with Crippen LogP contribution in [-0.4, -0.2) is 23.0 Å². The summed E-state index contributed by atoms with van der Waals surface area (Å²) >= 11 is 0. The van der Waals surface area contributed by atoms with Crippen molar-refractivity contribution >= 4 is 11.9 Å². The fourth-order valence-corrected chi connectivity index (χ4v) is 2.42. The second-order valence-corrected chi connectivity index (χ2v) is 4.75. The SMILES string of the molecule is Cc1ccoc1CC(=O)N[C@@H]1CCC[C@@H]1C(=O)O. The zero-order valence-electron chi connectivity index (χ0n) is 10.3. The first-order chi connectivity index (χ1) is 8.58. The predicted octanol–water partition coefficient (Wildman–Crippen LogP) is 1.50. The average Bonchev–Trinajstić information content (AvgIpc) is 2.89. The summed E-state index contributed by atoms with van der Waals surface area (Å²) in [5, 5.41) is 11.8. The number of aliphatic carboxylic acids is 1. The largest absolute Gasteiger partial charge is 0.481 e. The maximum absolute atomic E-state index is 11.8. The second kappa shape index (κ2) is 5.25. The Balaban J connectivity index is 1.91. The van der Waals surface area contributed by atoms with Gasteiger partial charge in [-0.3, -0.25) is 9.59 Å². The molecule has 0 saturated heterocycles. The van der Waals surface area contributed by atoms with Gasteiger partial charge in [-0.15, -0.1) is 0 Å². The third-order valence-corrected chi connectivity index (χ3v) is 3.47. The van der Waals surface area contributed by atoms with Gasteiger partial charge in [0.15, 0.2) is 0 Å². The van der Waals surface area contributed by atoms with Gasteiger partial charge in [0.05, 0.1) is 18.6 Å². The third kappa shape index (κ3) is 2.72. The first kappa shape index (κ1) is 12.7. The molecule has 0 aliphatic heterocycles. The van der Waals surface area contributed by atoms with Crippen molar-refractivity contribution in [3.05, 3.63) is 23.7 Å². The Labute approximate surface area is 105 Å². The van der Waals surface area contributed by atoms with Crippen LogP contribution in [0.4, 0.5) is 0 Å². The quantitative estimate of drug-likeness (QED) is 0.849. The number of rotatable bonds is 4. The van der Waals surface area contributed by atoms with Crippen LogP contribution in [0.3, 0.4) is 0 Å². The van der Waals surface area contributed by atoms with Crippen LogP contribution in [0.15, 0.2) is 16.7 Å². The molecule has 1 aliphatic rings. The Hall–Kier alpha value is -1.78. The lowest BCUT2D eigenvalue weighted by molar-refractivity contribution is -0.142. The molecule has 2 rings (SSSR count). The summed E-state index contributed by atoms with van der Waals surface area (Å²) in [6.45, 7) is 1.88. The van der Waals surface area contributed by atoms with E-state index in [-0.39, 0.29) is 18.4 Å². The van der Waals surface area contributed by atoms with Crippen molar-refractivity contribution < 1.29 is 19.1 Å². The molecule has 1 amide bonds. The number of carboxylic acid groups (broad SMARTS) is 1. The smallest absolute Gasteiger partial charge is 0.308 e. The summed E-state index contributed by atoms with van der Waals surface area (Å²) < 4.78 is 5.20. The number of amides is 1. The highest BCUT2D eigenvalue weighted by molar-refractivity contribution is 5.80. The number of aryl methyl sites for hydroxylation is 1. The molecule has 0 spiro atoms. The Kier molecular flexibility index (Phi) is 3.69. The van der Waals surface area contributed by atoms with E-state index in [1.54, 1.807) is 12.3 Å². The van der Waals surface area contributed by atoms with Gasteiger partial charge in [-0.1, -0.05) is 6.42 Å². The highest BCUT2D eigenvalue weighted by atomic mass is 16.4. The van der Waals surface area contributed by atoms with Crippen LogP contribution in [-0.2, 0) is 16.0 Å². The molecule has 0 unspecified atom stereocenters. The van der Waals surface area contributed by atoms with Crippen molar-refractivity contribution in [2.24, 2.45) is 5.92 Å². The van der Waals surface area contributed by atoms with E-state index in [9.17, 15) is 9.59 Å². The number of carbonyl (C=O) groups is 2. The molecule has 0 aromatic carbocycles. The minimum Gasteiger partial charge on any atom is -0.481 e. The van der Waals surface area contributed by atoms with Crippen LogP contribution in [0.2, 0.25) is 0 Å². The molecule has 5 nitrogen and oxygen atoms in total. The van der Waals surface area contributed by atoms with E-state index in [0.717, 1.165) is 18.4 Å². The van der Waals surface area contributed by atoms with Crippen LogP contribution < -0.4 is 5.32 Å². The minimum atomic E-state index is -0.827. The van der Waals surface area contributed by atoms with Gasteiger partial charge in [-0.2, -0.15) is 0 Å². The Bertz CT molecular complexity index is 452. The molecule has 1 fully saturated rings. The Morgan fingerprint density at radius 3 is 2.89 bits per heavy atom. The molecule has 2 atom stereocenters. The van der Waals surface area contributed by atoms with Crippen LogP contribution in [0.25, 0.3) is 0 Å². The summed E-state index contributed by atoms with van der Waals surface area (Å²) in [7, 11) is 0. The van der Waals surface area contributed by atoms with Crippen molar-refractivity contribution in [1.29, 1.82) is 0 Å². The average molecular weight is 251 g/mol. The van der Waals surface area contributed by atoms with Gasteiger partial charge in [-0.25, -0.2) is 0 Å². The molecule has 1 aromatic rings. The summed E-state index contributed by atoms with van der Waals surface area (Å²) in [6.07, 6.45) is 3.94. The molecule has 2 N–H and O–H groups in total. The summed E-state index contributed by atoms with van der Waals surface area (Å²) in [5.74, 6) is -0.817. The topological polar surface area (TPSA) is 79.5 Å². The molecular formula is C13H17NO4. The first-order valence-electron chi connectivity index (χ1n) is 6.13. The molecule has 1 aliphatic carbocycles. The normalized spacial score (nSPS) is 22.9. The van der Waals surface area contributed by atoms with Gasteiger partial charge < -0.3 is 14.8 Å². The van der Waals surface area contributed by atoms with Gasteiger partial charge in [0.2, 0.25) is 5.91 Å². The molecular weight excluding hydrogens is 234 g/mol. The number of furan rings is 1. The number of carboxylic acids is 1. The van der Waals surface area contributed by atoms with E-state index in [2.05, 4.69) is 5.32 Å². The van der Waals surface area contributed by atoms with E-state index in [1.807, 2.05) is 6.92 Å². The molecule has 0 radical (unpaired) electrons. The second-order valence-electron chi connectivity index (χ2n) is 4.75. The number of hydrogen-bond acceptors (Lipinski definition) is 3. The fraction of sp³-hybridized carbons (Fsp3) is 0.538. The fourth-order valence-electron chi connectivity index (χ4n) is 2.42. The monoisotopic (exact) mass is 251 g/mol. The summed E-state index contributed by atoms with van der Waals surface area (Å²) in [6, 6.07) is 1.56. The van der Waals surface area contributed by atoms with E-state index >= 15 is 0 Å². The van der Waals surface area contributed by atoms with Crippen molar-refractivity contribution in [3.63, 3.8) is 0 Å². The third-order valence-electron chi connectivity index (χ3n) is 3.47. The Morgan fingerprint density at radius 1 is 1.50 bits per heavy atom. The molecule has 1 aromatic heterocycles. The van der Waals surface area contributed by atoms with Crippen LogP contribution in [0.5, 0.6) is 0 Å². The number of carbonyl (C=O) groups excluding carboxylic acids is 1. The molecule has 0 bridgehead atoms. The number of nitrogens with one attached hydrogen (secondary N) is 1. The maximum Gasteiger partial charge on any atom is 0.308 e. The molecule has 1 heterocycles. The van der Waals surface area contributed by atoms with E-state index in [1.165, 1.54) is 0 Å². The zero-order valence-corrected chi connectivity index (χ0v) is 10.3. The van der Waals surface area contributed by atoms with Gasteiger partial charge in [0.1, 0.15) is 5.76 Å². The minimum absolute atomic E-state index is 0.168. The summed E-state index contributed by atoms with van der Waals surface area (Å²) in [4.78, 5) is 22.8. The van der Waals surface area contributed by atoms with Gasteiger partial charge >= 0.3 is 5.97 Å². The highest BCUT2D eigenvalue weighted by Crippen LogP contribution is 2.25. The number of hydrogen-bond donors (Lipinski definition) is 2. The van der Waals surface area contributed by atoms with Crippen molar-refractivity contribution in [2.75, 3.05) is 0 Å². The van der Waals surface area contributed by atoms with E-state index < -0.39 is 11.9 Å². The molecule has 5 heteroatoms. The molecule has 1 saturated carbocycles. The lowest BCUT2D eigenvalue weighted by Crippen LogP contribution is -2.40. The molecule has 98 valence electrons. The standard InChI is InChI=1S/C13H17NO4/c1-8-5-6-18-11(8)7-12(15)14-10-4-2-3-9(10)13(16)17/h5-6,9-10H,2-4,7H2,1H3,(H,14,15)(H,16,17)/t9-,10+/m0/s1. The highest BCUT2D eigenvalue weighted by Gasteiger charge is 2.33. The predicted molar refractivity (Wildman–Crippen MR) is 64.1 cm³/mol. The van der Waals surface area contributed by atoms with E-state index in [4.69, 9.17) is 9.52 Å². The van der Waals surface area contributed by atoms with Crippen molar-refractivity contribution in [2.45, 2.75) is 38.6 Å². The first-order valence-corrected chi connectivity index (χ1v) is 6.13. The molecule has 18 heavy (non-hydrogen) atoms. The maximum atomic E-state index is 11.8. The lowest BCUT2D eigenvalue weighted by atomic mass is 10.0. The van der Waals surface area contributed by atoms with Crippen molar-refractivity contribution in [3.8, 4) is 0 Å². The van der Waals surface area contributed by atoms with Gasteiger partial charge in [0.25, 0.3) is 0 Å². The van der Waals surface area contributed by atoms with Crippen molar-refractivity contribution in [1.82, 2.24) is 5.32 Å². The summed E-state index contributed by atoms with van der Waals surface area (Å²) in [5.41, 5.74) is 0.936. The lowest BCUT2D eigenvalue weighted by Gasteiger charge is -2.17. The van der Waals surface area contributed by atoms with E-state index in [0.29, 0.717) is 12.2 Å². The zero-order chi connectivity index (χ0) is 13.1. The van der Waals surface area contributed by atoms with Gasteiger partial charge in [-0.05, 0) is 31.4 Å². The van der Waals surface area contributed by atoms with Crippen LogP contribution >= 0.6 is 0 Å². The van der Waals surface area contributed by atoms with Crippen LogP contribution in [0.1, 0.15) is 30.6 Å². The van der Waals surface area contributed by atoms with Gasteiger partial charge in [0, 0.05) is 6.04 Å². The Morgan fingerprint density at radius 2 is 2.28 bits per heavy atom.